The normalized spacial score (nSPS) is 21.9. The Hall–Kier alpha value is -2.18. The summed E-state index contributed by atoms with van der Waals surface area (Å²) in [5, 5.41) is 3.69. The average molecular weight is 438 g/mol. The summed E-state index contributed by atoms with van der Waals surface area (Å²) in [4.78, 5) is 31.4. The number of carbonyl (C=O) groups is 1. The van der Waals surface area contributed by atoms with Crippen LogP contribution < -0.4 is 10.9 Å². The molecule has 0 bridgehead atoms. The number of nitrogens with zero attached hydrogens (tertiary/aromatic N) is 1. The smallest absolute Gasteiger partial charge is 0.251 e. The van der Waals surface area contributed by atoms with E-state index in [0.717, 1.165) is 0 Å². The van der Waals surface area contributed by atoms with Gasteiger partial charge in [0.15, 0.2) is 0 Å². The van der Waals surface area contributed by atoms with Crippen molar-refractivity contribution in [1.29, 1.82) is 0 Å². The van der Waals surface area contributed by atoms with Crippen LogP contribution in [0, 0.1) is 11.8 Å². The molecule has 3 rings (SSSR count). The molecule has 0 aromatic carbocycles. The number of aromatic nitrogens is 2. The fraction of sp³-hybridized carbons (Fsp3) is 0.381. The standard InChI is InChI=1S/C21H22Cl2FN3O2/c1-11(2)21(29)25-10-12-3-6-16(22)15(7-12)20-26-18(9-19(28)27-20)14-5-4-13(24)8-17(14)23/h3-4,6,8-9,11-12,14H,5,7,10H2,1-2H3,(H,25,29)(H,26,27,28). The lowest BCUT2D eigenvalue weighted by Gasteiger charge is -2.22. The Kier molecular flexibility index (Phi) is 6.75. The predicted molar refractivity (Wildman–Crippen MR) is 113 cm³/mol. The summed E-state index contributed by atoms with van der Waals surface area (Å²) in [6.45, 7) is 4.13. The van der Waals surface area contributed by atoms with Crippen molar-refractivity contribution >= 4 is 34.7 Å². The second kappa shape index (κ2) is 9.09. The van der Waals surface area contributed by atoms with E-state index >= 15 is 0 Å². The topological polar surface area (TPSA) is 74.8 Å². The molecule has 154 valence electrons. The number of rotatable bonds is 5. The van der Waals surface area contributed by atoms with E-state index in [1.54, 1.807) is 6.08 Å². The van der Waals surface area contributed by atoms with Crippen LogP contribution in [-0.4, -0.2) is 22.4 Å². The van der Waals surface area contributed by atoms with E-state index in [4.69, 9.17) is 23.2 Å². The van der Waals surface area contributed by atoms with E-state index in [2.05, 4.69) is 15.3 Å². The summed E-state index contributed by atoms with van der Waals surface area (Å²) >= 11 is 12.6. The molecule has 1 aromatic heterocycles. The highest BCUT2D eigenvalue weighted by Gasteiger charge is 2.24. The predicted octanol–water partition coefficient (Wildman–Crippen LogP) is 4.53. The largest absolute Gasteiger partial charge is 0.355 e. The molecule has 2 N–H and O–H groups in total. The molecule has 1 heterocycles. The third-order valence-electron chi connectivity index (χ3n) is 4.89. The Labute approximate surface area is 178 Å². The molecule has 2 atom stereocenters. The molecule has 0 aliphatic heterocycles. The Bertz CT molecular complexity index is 992. The lowest BCUT2D eigenvalue weighted by molar-refractivity contribution is -0.124. The van der Waals surface area contributed by atoms with Crippen molar-refractivity contribution < 1.29 is 9.18 Å². The summed E-state index contributed by atoms with van der Waals surface area (Å²) in [5.74, 6) is -0.500. The Balaban J connectivity index is 1.83. The minimum Gasteiger partial charge on any atom is -0.355 e. The number of hydrogen-bond donors (Lipinski definition) is 2. The van der Waals surface area contributed by atoms with Gasteiger partial charge >= 0.3 is 0 Å². The molecule has 2 aliphatic rings. The van der Waals surface area contributed by atoms with Gasteiger partial charge in [-0.2, -0.15) is 0 Å². The zero-order valence-corrected chi connectivity index (χ0v) is 17.6. The van der Waals surface area contributed by atoms with E-state index in [0.29, 0.717) is 46.5 Å². The first kappa shape index (κ1) is 21.5. The molecule has 0 spiro atoms. The van der Waals surface area contributed by atoms with Crippen LogP contribution in [0.5, 0.6) is 0 Å². The van der Waals surface area contributed by atoms with E-state index in [-0.39, 0.29) is 29.2 Å². The van der Waals surface area contributed by atoms with Crippen LogP contribution in [0.1, 0.15) is 44.1 Å². The summed E-state index contributed by atoms with van der Waals surface area (Å²) < 4.78 is 13.4. The van der Waals surface area contributed by atoms with Crippen LogP contribution in [0.3, 0.4) is 0 Å². The quantitative estimate of drug-likeness (QED) is 0.710. The highest BCUT2D eigenvalue weighted by molar-refractivity contribution is 6.34. The lowest BCUT2D eigenvalue weighted by atomic mass is 9.92. The number of aromatic amines is 1. The lowest BCUT2D eigenvalue weighted by Crippen LogP contribution is -2.32. The van der Waals surface area contributed by atoms with Crippen molar-refractivity contribution in [1.82, 2.24) is 15.3 Å². The van der Waals surface area contributed by atoms with Gasteiger partial charge < -0.3 is 10.3 Å². The minimum atomic E-state index is -0.397. The van der Waals surface area contributed by atoms with Gasteiger partial charge in [0, 0.05) is 40.1 Å². The molecule has 0 saturated heterocycles. The first-order valence-electron chi connectivity index (χ1n) is 9.43. The number of amides is 1. The van der Waals surface area contributed by atoms with Crippen molar-refractivity contribution in [3.05, 3.63) is 68.1 Å². The number of carbonyl (C=O) groups excluding carboxylic acids is 1. The van der Waals surface area contributed by atoms with Crippen LogP contribution in [0.15, 0.2) is 51.1 Å². The van der Waals surface area contributed by atoms with Gasteiger partial charge in [-0.05, 0) is 37.0 Å². The monoisotopic (exact) mass is 437 g/mol. The van der Waals surface area contributed by atoms with Crippen LogP contribution >= 0.6 is 23.2 Å². The number of halogens is 3. The van der Waals surface area contributed by atoms with Gasteiger partial charge in [0.05, 0.1) is 5.69 Å². The summed E-state index contributed by atoms with van der Waals surface area (Å²) in [5.41, 5.74) is 0.820. The molecule has 29 heavy (non-hydrogen) atoms. The van der Waals surface area contributed by atoms with E-state index < -0.39 is 5.83 Å². The number of nitrogens with one attached hydrogen (secondary N) is 2. The second-order valence-electron chi connectivity index (χ2n) is 7.48. The SMILES string of the molecule is CC(C)C(=O)NCC1C=CC(Cl)=C(c2nc(C3CC=C(F)C=C3Cl)cc(=O)[nH]2)C1. The maximum absolute atomic E-state index is 13.4. The van der Waals surface area contributed by atoms with Gasteiger partial charge in [-0.1, -0.05) is 43.1 Å². The van der Waals surface area contributed by atoms with Crippen molar-refractivity contribution in [3.63, 3.8) is 0 Å². The van der Waals surface area contributed by atoms with Crippen molar-refractivity contribution in [2.75, 3.05) is 6.54 Å². The molecule has 0 fully saturated rings. The molecule has 1 aromatic rings. The molecule has 0 saturated carbocycles. The van der Waals surface area contributed by atoms with Gasteiger partial charge in [0.1, 0.15) is 11.7 Å². The summed E-state index contributed by atoms with van der Waals surface area (Å²) in [6, 6.07) is 1.37. The maximum atomic E-state index is 13.4. The van der Waals surface area contributed by atoms with Gasteiger partial charge in [-0.25, -0.2) is 9.37 Å². The van der Waals surface area contributed by atoms with Crippen LogP contribution in [0.4, 0.5) is 4.39 Å². The second-order valence-corrected chi connectivity index (χ2v) is 8.32. The molecule has 8 heteroatoms. The number of allylic oxidation sites excluding steroid dienone is 7. The molecule has 2 unspecified atom stereocenters. The first-order chi connectivity index (χ1) is 13.7. The summed E-state index contributed by atoms with van der Waals surface area (Å²) in [6.07, 6.45) is 7.19. The van der Waals surface area contributed by atoms with E-state index in [9.17, 15) is 14.0 Å². The van der Waals surface area contributed by atoms with Gasteiger partial charge in [-0.15, -0.1) is 0 Å². The highest BCUT2D eigenvalue weighted by atomic mass is 35.5. The van der Waals surface area contributed by atoms with Crippen molar-refractivity contribution in [2.24, 2.45) is 11.8 Å². The third kappa shape index (κ3) is 5.25. The molecular weight excluding hydrogens is 416 g/mol. The van der Waals surface area contributed by atoms with Crippen LogP contribution in [-0.2, 0) is 4.79 Å². The van der Waals surface area contributed by atoms with Crippen molar-refractivity contribution in [2.45, 2.75) is 32.6 Å². The van der Waals surface area contributed by atoms with Gasteiger partial charge in [0.2, 0.25) is 5.91 Å². The highest BCUT2D eigenvalue weighted by Crippen LogP contribution is 2.36. The molecular formula is C21H22Cl2FN3O2. The van der Waals surface area contributed by atoms with Gasteiger partial charge in [-0.3, -0.25) is 9.59 Å². The third-order valence-corrected chi connectivity index (χ3v) is 5.62. The van der Waals surface area contributed by atoms with Crippen molar-refractivity contribution in [3.8, 4) is 0 Å². The number of H-pyrrole nitrogens is 1. The average Bonchev–Trinajstić information content (AvgIpc) is 2.66. The Morgan fingerprint density at radius 2 is 2.17 bits per heavy atom. The van der Waals surface area contributed by atoms with E-state index in [1.807, 2.05) is 19.9 Å². The summed E-state index contributed by atoms with van der Waals surface area (Å²) in [7, 11) is 0. The first-order valence-corrected chi connectivity index (χ1v) is 10.2. The van der Waals surface area contributed by atoms with Crippen LogP contribution in [0.25, 0.3) is 5.57 Å². The molecule has 2 aliphatic carbocycles. The fourth-order valence-corrected chi connectivity index (χ4v) is 3.77. The fourth-order valence-electron chi connectivity index (χ4n) is 3.23. The Morgan fingerprint density at radius 1 is 1.41 bits per heavy atom. The molecule has 1 amide bonds. The molecule has 5 nitrogen and oxygen atoms in total. The number of hydrogen-bond acceptors (Lipinski definition) is 3. The Morgan fingerprint density at radius 3 is 2.86 bits per heavy atom. The zero-order valence-electron chi connectivity index (χ0n) is 16.1. The van der Waals surface area contributed by atoms with Crippen LogP contribution in [0.2, 0.25) is 0 Å². The zero-order chi connectivity index (χ0) is 21.1. The molecule has 0 radical (unpaired) electrons. The van der Waals surface area contributed by atoms with Gasteiger partial charge in [0.25, 0.3) is 5.56 Å². The van der Waals surface area contributed by atoms with E-state index in [1.165, 1.54) is 18.2 Å². The minimum absolute atomic E-state index is 0.0202. The maximum Gasteiger partial charge on any atom is 0.251 e.